The van der Waals surface area contributed by atoms with E-state index in [0.717, 1.165) is 5.56 Å². The van der Waals surface area contributed by atoms with Crippen LogP contribution in [0.1, 0.15) is 16.1 Å². The molecule has 150 valence electrons. The van der Waals surface area contributed by atoms with Gasteiger partial charge in [-0.1, -0.05) is 53.8 Å². The molecule has 0 aliphatic carbocycles. The summed E-state index contributed by atoms with van der Waals surface area (Å²) in [7, 11) is 1.34. The number of hydrogen-bond acceptors (Lipinski definition) is 6. The molecule has 2 aromatic carbocycles. The fourth-order valence-electron chi connectivity index (χ4n) is 2.91. The quantitative estimate of drug-likeness (QED) is 0.282. The first-order valence-corrected chi connectivity index (χ1v) is 10.4. The number of esters is 1. The summed E-state index contributed by atoms with van der Waals surface area (Å²) in [5, 5.41) is 0.527. The van der Waals surface area contributed by atoms with Gasteiger partial charge in [0.25, 0.3) is 5.91 Å². The Morgan fingerprint density at radius 1 is 1.17 bits per heavy atom. The summed E-state index contributed by atoms with van der Waals surface area (Å²) >= 11 is 12.6. The monoisotopic (exact) mass is 455 g/mol. The lowest BCUT2D eigenvalue weighted by atomic mass is 10.1. The van der Waals surface area contributed by atoms with Crippen molar-refractivity contribution >= 4 is 63.5 Å². The van der Waals surface area contributed by atoms with Crippen molar-refractivity contribution in [3.63, 3.8) is 0 Å². The molecule has 5 nitrogen and oxygen atoms in total. The van der Waals surface area contributed by atoms with Crippen molar-refractivity contribution in [3.8, 4) is 11.3 Å². The second kappa shape index (κ2) is 8.47. The summed E-state index contributed by atoms with van der Waals surface area (Å²) in [6.45, 7) is 0. The molecule has 8 heteroatoms. The summed E-state index contributed by atoms with van der Waals surface area (Å²) in [5.74, 6) is 0.507. The molecule has 2 heterocycles. The lowest BCUT2D eigenvalue weighted by Crippen LogP contribution is -2.27. The van der Waals surface area contributed by atoms with E-state index < -0.39 is 5.97 Å². The summed E-state index contributed by atoms with van der Waals surface area (Å²) < 4.78 is 11.0. The molecule has 30 heavy (non-hydrogen) atoms. The number of thioether (sulfide) groups is 1. The highest BCUT2D eigenvalue weighted by Crippen LogP contribution is 2.37. The molecular weight excluding hydrogens is 442 g/mol. The Morgan fingerprint density at radius 2 is 1.93 bits per heavy atom. The van der Waals surface area contributed by atoms with E-state index in [1.54, 1.807) is 66.7 Å². The van der Waals surface area contributed by atoms with Gasteiger partial charge in [-0.2, -0.15) is 0 Å². The van der Waals surface area contributed by atoms with Gasteiger partial charge in [-0.25, -0.2) is 4.79 Å². The van der Waals surface area contributed by atoms with Crippen molar-refractivity contribution in [2.24, 2.45) is 0 Å². The Balaban J connectivity index is 1.56. The number of hydrogen-bond donors (Lipinski definition) is 0. The van der Waals surface area contributed by atoms with Crippen LogP contribution in [0.5, 0.6) is 0 Å². The number of ether oxygens (including phenoxy) is 1. The van der Waals surface area contributed by atoms with Gasteiger partial charge >= 0.3 is 5.97 Å². The first kappa shape index (κ1) is 20.4. The third-order valence-electron chi connectivity index (χ3n) is 4.35. The number of carbonyl (C=O) groups excluding carboxylic acids is 2. The van der Waals surface area contributed by atoms with E-state index in [4.69, 9.17) is 33.0 Å². The van der Waals surface area contributed by atoms with Crippen LogP contribution in [0.15, 0.2) is 70.0 Å². The van der Waals surface area contributed by atoms with Gasteiger partial charge < -0.3 is 9.15 Å². The lowest BCUT2D eigenvalue weighted by Gasteiger charge is -2.14. The minimum absolute atomic E-state index is 0.229. The lowest BCUT2D eigenvalue weighted by molar-refractivity contribution is -0.113. The van der Waals surface area contributed by atoms with Crippen LogP contribution < -0.4 is 4.90 Å². The van der Waals surface area contributed by atoms with Crippen molar-refractivity contribution in [1.29, 1.82) is 0 Å². The maximum absolute atomic E-state index is 12.9. The summed E-state index contributed by atoms with van der Waals surface area (Å²) in [6, 6.07) is 17.4. The van der Waals surface area contributed by atoms with E-state index in [0.29, 0.717) is 37.0 Å². The molecule has 0 N–H and O–H groups in total. The van der Waals surface area contributed by atoms with Crippen molar-refractivity contribution in [2.45, 2.75) is 0 Å². The average molecular weight is 456 g/mol. The van der Waals surface area contributed by atoms with E-state index in [-0.39, 0.29) is 5.91 Å². The minimum Gasteiger partial charge on any atom is -0.465 e. The normalized spacial score (nSPS) is 15.1. The number of halogens is 1. The van der Waals surface area contributed by atoms with Gasteiger partial charge in [0.2, 0.25) is 0 Å². The second-order valence-electron chi connectivity index (χ2n) is 6.27. The molecule has 1 aliphatic rings. The molecule has 1 aromatic heterocycles. The van der Waals surface area contributed by atoms with Crippen LogP contribution in [0.2, 0.25) is 5.02 Å². The fourth-order valence-corrected chi connectivity index (χ4v) is 4.37. The number of furan rings is 1. The van der Waals surface area contributed by atoms with Crippen LogP contribution in [0, 0.1) is 0 Å². The van der Waals surface area contributed by atoms with Crippen molar-refractivity contribution in [3.05, 3.63) is 81.9 Å². The van der Waals surface area contributed by atoms with Crippen LogP contribution >= 0.6 is 35.6 Å². The third-order valence-corrected chi connectivity index (χ3v) is 5.89. The van der Waals surface area contributed by atoms with E-state index >= 15 is 0 Å². The van der Waals surface area contributed by atoms with E-state index in [1.807, 2.05) is 0 Å². The Morgan fingerprint density at radius 3 is 2.63 bits per heavy atom. The molecule has 0 spiro atoms. The SMILES string of the molecule is COC(=O)c1ccc(-c2ccc(/C=C3/SC(=S)N(c4cccc(Cl)c4)C3=O)o2)cc1. The van der Waals surface area contributed by atoms with Gasteiger partial charge in [0, 0.05) is 16.7 Å². The number of amides is 1. The maximum atomic E-state index is 12.9. The first-order chi connectivity index (χ1) is 14.5. The fraction of sp³-hybridized carbons (Fsp3) is 0.0455. The topological polar surface area (TPSA) is 59.8 Å². The summed E-state index contributed by atoms with van der Waals surface area (Å²) in [6.07, 6.45) is 1.66. The molecule has 0 atom stereocenters. The standard InChI is InChI=1S/C22H14ClNO4S2/c1-27-21(26)14-7-5-13(6-8-14)18-10-9-17(28-18)12-19-20(25)24(22(29)30-19)16-4-2-3-15(23)11-16/h2-12H,1H3/b19-12+. The molecule has 0 unspecified atom stereocenters. The number of anilines is 1. The van der Waals surface area contributed by atoms with E-state index in [9.17, 15) is 9.59 Å². The Kier molecular flexibility index (Phi) is 5.76. The molecule has 0 radical (unpaired) electrons. The third kappa shape index (κ3) is 4.05. The maximum Gasteiger partial charge on any atom is 0.337 e. The average Bonchev–Trinajstić information content (AvgIpc) is 3.32. The number of carbonyl (C=O) groups is 2. The Hall–Kier alpha value is -2.87. The minimum atomic E-state index is -0.400. The summed E-state index contributed by atoms with van der Waals surface area (Å²) in [5.41, 5.74) is 1.88. The van der Waals surface area contributed by atoms with Gasteiger partial charge in [-0.05, 0) is 42.5 Å². The molecule has 4 rings (SSSR count). The zero-order valence-electron chi connectivity index (χ0n) is 15.6. The van der Waals surface area contributed by atoms with Gasteiger partial charge in [-0.3, -0.25) is 9.69 Å². The highest BCUT2D eigenvalue weighted by molar-refractivity contribution is 8.27. The van der Waals surface area contributed by atoms with Crippen molar-refractivity contribution in [1.82, 2.24) is 0 Å². The predicted molar refractivity (Wildman–Crippen MR) is 123 cm³/mol. The number of benzene rings is 2. The van der Waals surface area contributed by atoms with Crippen LogP contribution in [-0.4, -0.2) is 23.3 Å². The molecule has 1 aliphatic heterocycles. The largest absolute Gasteiger partial charge is 0.465 e. The van der Waals surface area contributed by atoms with E-state index in [1.165, 1.54) is 23.8 Å². The Labute approximate surface area is 187 Å². The van der Waals surface area contributed by atoms with Crippen LogP contribution in [0.4, 0.5) is 5.69 Å². The van der Waals surface area contributed by atoms with Gasteiger partial charge in [0.15, 0.2) is 4.32 Å². The molecule has 1 saturated heterocycles. The van der Waals surface area contributed by atoms with Crippen LogP contribution in [-0.2, 0) is 9.53 Å². The zero-order valence-corrected chi connectivity index (χ0v) is 18.0. The van der Waals surface area contributed by atoms with Gasteiger partial charge in [0.05, 0.1) is 23.3 Å². The molecule has 1 amide bonds. The van der Waals surface area contributed by atoms with Gasteiger partial charge in [0.1, 0.15) is 11.5 Å². The van der Waals surface area contributed by atoms with E-state index in [2.05, 4.69) is 0 Å². The zero-order chi connectivity index (χ0) is 21.3. The number of thiocarbonyl (C=S) groups is 1. The van der Waals surface area contributed by atoms with Crippen molar-refractivity contribution < 1.29 is 18.7 Å². The van der Waals surface area contributed by atoms with Crippen molar-refractivity contribution in [2.75, 3.05) is 12.0 Å². The first-order valence-electron chi connectivity index (χ1n) is 8.78. The van der Waals surface area contributed by atoms with Crippen LogP contribution in [0.25, 0.3) is 17.4 Å². The Bertz CT molecular complexity index is 1180. The number of nitrogens with zero attached hydrogens (tertiary/aromatic N) is 1. The second-order valence-corrected chi connectivity index (χ2v) is 8.38. The highest BCUT2D eigenvalue weighted by atomic mass is 35.5. The van der Waals surface area contributed by atoms with Gasteiger partial charge in [-0.15, -0.1) is 0 Å². The molecule has 3 aromatic rings. The molecule has 0 saturated carbocycles. The van der Waals surface area contributed by atoms with Crippen LogP contribution in [0.3, 0.4) is 0 Å². The number of rotatable bonds is 4. The molecular formula is C22H14ClNO4S2. The number of methoxy groups -OCH3 is 1. The molecule has 1 fully saturated rings. The predicted octanol–water partition coefficient (Wildman–Crippen LogP) is 5.79. The smallest absolute Gasteiger partial charge is 0.337 e. The highest BCUT2D eigenvalue weighted by Gasteiger charge is 2.33. The summed E-state index contributed by atoms with van der Waals surface area (Å²) in [4.78, 5) is 26.3. The molecule has 0 bridgehead atoms.